The van der Waals surface area contributed by atoms with Gasteiger partial charge in [-0.2, -0.15) is 0 Å². The van der Waals surface area contributed by atoms with Crippen LogP contribution in [0.1, 0.15) is 19.4 Å². The van der Waals surface area contributed by atoms with E-state index in [1.165, 1.54) is 28.7 Å². The van der Waals surface area contributed by atoms with Gasteiger partial charge in [-0.25, -0.2) is 9.97 Å². The molecule has 1 atom stereocenters. The molecule has 2 aromatic heterocycles. The molecule has 0 aliphatic heterocycles. The first-order valence-electron chi connectivity index (χ1n) is 9.62. The van der Waals surface area contributed by atoms with Crippen LogP contribution >= 0.6 is 23.1 Å². The average molecular weight is 436 g/mol. The van der Waals surface area contributed by atoms with E-state index in [-0.39, 0.29) is 11.2 Å². The van der Waals surface area contributed by atoms with Gasteiger partial charge in [0.2, 0.25) is 11.1 Å². The minimum atomic E-state index is -0.361. The number of hydrogen-bond acceptors (Lipinski definition) is 6. The third-order valence-electron chi connectivity index (χ3n) is 4.56. The zero-order chi connectivity index (χ0) is 20.9. The molecule has 6 nitrogen and oxygen atoms in total. The fourth-order valence-electron chi connectivity index (χ4n) is 2.82. The van der Waals surface area contributed by atoms with E-state index in [9.17, 15) is 4.79 Å². The van der Waals surface area contributed by atoms with E-state index in [4.69, 9.17) is 0 Å². The Morgan fingerprint density at radius 2 is 1.87 bits per heavy atom. The summed E-state index contributed by atoms with van der Waals surface area (Å²) >= 11 is 2.72. The van der Waals surface area contributed by atoms with Crippen LogP contribution in [0.25, 0.3) is 22.6 Å². The predicted octanol–water partition coefficient (Wildman–Crippen LogP) is 5.28. The number of nitrogens with zero attached hydrogens (tertiary/aromatic N) is 3. The second-order valence-corrected chi connectivity index (χ2v) is 8.84. The molecule has 4 rings (SSSR count). The summed E-state index contributed by atoms with van der Waals surface area (Å²) in [6, 6.07) is 18.1. The van der Waals surface area contributed by atoms with Crippen LogP contribution in [-0.4, -0.2) is 31.3 Å². The van der Waals surface area contributed by atoms with Gasteiger partial charge in [-0.3, -0.25) is 9.89 Å². The minimum Gasteiger partial charge on any atom is -0.301 e. The van der Waals surface area contributed by atoms with Crippen molar-refractivity contribution >= 4 is 34.1 Å². The van der Waals surface area contributed by atoms with Crippen molar-refractivity contribution in [3.63, 3.8) is 0 Å². The van der Waals surface area contributed by atoms with Crippen molar-refractivity contribution in [2.75, 3.05) is 5.32 Å². The third-order valence-corrected chi connectivity index (χ3v) is 6.27. The zero-order valence-electron chi connectivity index (χ0n) is 16.6. The molecule has 0 radical (unpaired) electrons. The van der Waals surface area contributed by atoms with Gasteiger partial charge in [0.15, 0.2) is 11.0 Å². The first-order chi connectivity index (χ1) is 14.6. The van der Waals surface area contributed by atoms with Gasteiger partial charge >= 0.3 is 0 Å². The molecule has 1 unspecified atom stereocenters. The number of amides is 1. The van der Waals surface area contributed by atoms with Gasteiger partial charge in [0.05, 0.1) is 10.9 Å². The Morgan fingerprint density at radius 1 is 1.10 bits per heavy atom. The standard InChI is InChI=1S/C22H21N5OS2/c1-3-15-9-11-16(12-10-15)18-13-29-21(23-18)25-20(28)14(2)30-22-24-19(26-27-22)17-7-5-4-6-8-17/h4-14H,3H2,1-2H3,(H,23,25,28)(H,24,26,27). The first-order valence-corrected chi connectivity index (χ1v) is 11.4. The summed E-state index contributed by atoms with van der Waals surface area (Å²) in [6.45, 7) is 3.96. The van der Waals surface area contributed by atoms with Gasteiger partial charge < -0.3 is 5.32 Å². The van der Waals surface area contributed by atoms with Gasteiger partial charge in [-0.15, -0.1) is 16.4 Å². The van der Waals surface area contributed by atoms with E-state index >= 15 is 0 Å². The summed E-state index contributed by atoms with van der Waals surface area (Å²) in [5.41, 5.74) is 4.15. The van der Waals surface area contributed by atoms with Crippen molar-refractivity contribution in [3.05, 3.63) is 65.5 Å². The Labute approximate surface area is 183 Å². The van der Waals surface area contributed by atoms with Gasteiger partial charge in [0.25, 0.3) is 0 Å². The van der Waals surface area contributed by atoms with E-state index in [1.54, 1.807) is 0 Å². The maximum absolute atomic E-state index is 12.6. The first kappa shape index (κ1) is 20.3. The van der Waals surface area contributed by atoms with Crippen molar-refractivity contribution in [3.8, 4) is 22.6 Å². The number of carbonyl (C=O) groups is 1. The maximum Gasteiger partial charge on any atom is 0.239 e. The number of thioether (sulfide) groups is 1. The Bertz CT molecular complexity index is 1120. The summed E-state index contributed by atoms with van der Waals surface area (Å²) in [6.07, 6.45) is 1.01. The number of benzene rings is 2. The van der Waals surface area contributed by atoms with Crippen LogP contribution in [0.5, 0.6) is 0 Å². The Morgan fingerprint density at radius 3 is 2.60 bits per heavy atom. The van der Waals surface area contributed by atoms with Gasteiger partial charge in [-0.05, 0) is 18.9 Å². The van der Waals surface area contributed by atoms with Crippen molar-refractivity contribution < 1.29 is 4.79 Å². The lowest BCUT2D eigenvalue weighted by Gasteiger charge is -2.07. The molecule has 0 fully saturated rings. The Hall–Kier alpha value is -2.97. The number of carbonyl (C=O) groups excluding carboxylic acids is 1. The highest BCUT2D eigenvalue weighted by Gasteiger charge is 2.19. The number of hydrogen-bond donors (Lipinski definition) is 2. The maximum atomic E-state index is 12.6. The number of rotatable bonds is 7. The fraction of sp³-hybridized carbons (Fsp3) is 0.182. The lowest BCUT2D eigenvalue weighted by Crippen LogP contribution is -2.22. The van der Waals surface area contributed by atoms with E-state index < -0.39 is 0 Å². The molecule has 2 aromatic carbocycles. The summed E-state index contributed by atoms with van der Waals surface area (Å²) in [5, 5.41) is 12.7. The number of nitrogens with one attached hydrogen (secondary N) is 2. The van der Waals surface area contributed by atoms with E-state index in [0.29, 0.717) is 16.1 Å². The van der Waals surface area contributed by atoms with Crippen LogP contribution in [0.4, 0.5) is 5.13 Å². The molecule has 2 heterocycles. The van der Waals surface area contributed by atoms with E-state index in [0.717, 1.165) is 23.2 Å². The summed E-state index contributed by atoms with van der Waals surface area (Å²) in [5.74, 6) is 0.553. The molecule has 2 N–H and O–H groups in total. The molecule has 0 saturated carbocycles. The van der Waals surface area contributed by atoms with Crippen LogP contribution in [-0.2, 0) is 11.2 Å². The molecule has 4 aromatic rings. The van der Waals surface area contributed by atoms with Crippen LogP contribution in [0, 0.1) is 0 Å². The summed E-state index contributed by atoms with van der Waals surface area (Å²) < 4.78 is 0. The molecule has 152 valence electrons. The smallest absolute Gasteiger partial charge is 0.239 e. The highest BCUT2D eigenvalue weighted by molar-refractivity contribution is 8.00. The number of anilines is 1. The summed E-state index contributed by atoms with van der Waals surface area (Å²) in [4.78, 5) is 21.6. The molecular weight excluding hydrogens is 414 g/mol. The molecule has 0 aliphatic rings. The largest absolute Gasteiger partial charge is 0.301 e. The Kier molecular flexibility index (Phi) is 6.25. The van der Waals surface area contributed by atoms with E-state index in [2.05, 4.69) is 56.7 Å². The molecule has 0 saturated heterocycles. The van der Waals surface area contributed by atoms with Gasteiger partial charge in [0, 0.05) is 16.5 Å². The zero-order valence-corrected chi connectivity index (χ0v) is 18.3. The van der Waals surface area contributed by atoms with E-state index in [1.807, 2.05) is 42.6 Å². The second-order valence-electron chi connectivity index (χ2n) is 6.67. The number of aromatic amines is 1. The second kappa shape index (κ2) is 9.23. The third kappa shape index (κ3) is 4.77. The average Bonchev–Trinajstić information content (AvgIpc) is 3.44. The highest BCUT2D eigenvalue weighted by atomic mass is 32.2. The molecule has 30 heavy (non-hydrogen) atoms. The van der Waals surface area contributed by atoms with Crippen molar-refractivity contribution in [2.45, 2.75) is 30.7 Å². The minimum absolute atomic E-state index is 0.131. The molecule has 1 amide bonds. The van der Waals surface area contributed by atoms with Crippen LogP contribution in [0.3, 0.4) is 0 Å². The number of H-pyrrole nitrogens is 1. The number of aryl methyl sites for hydroxylation is 1. The van der Waals surface area contributed by atoms with Crippen LogP contribution in [0.15, 0.2) is 65.1 Å². The lowest BCUT2D eigenvalue weighted by atomic mass is 10.1. The molecule has 8 heteroatoms. The van der Waals surface area contributed by atoms with Crippen LogP contribution < -0.4 is 5.32 Å². The normalized spacial score (nSPS) is 11.9. The lowest BCUT2D eigenvalue weighted by molar-refractivity contribution is -0.115. The highest BCUT2D eigenvalue weighted by Crippen LogP contribution is 2.27. The van der Waals surface area contributed by atoms with Crippen LogP contribution in [0.2, 0.25) is 0 Å². The van der Waals surface area contributed by atoms with Gasteiger partial charge in [-0.1, -0.05) is 73.3 Å². The SMILES string of the molecule is CCc1ccc(-c2csc(NC(=O)C(C)Sc3n[nH]c(-c4ccccc4)n3)n2)cc1. The molecule has 0 aliphatic carbocycles. The molecule has 0 spiro atoms. The molecule has 0 bridgehead atoms. The van der Waals surface area contributed by atoms with Crippen molar-refractivity contribution in [1.29, 1.82) is 0 Å². The number of aromatic nitrogens is 4. The van der Waals surface area contributed by atoms with Gasteiger partial charge in [0.1, 0.15) is 0 Å². The predicted molar refractivity (Wildman–Crippen MR) is 123 cm³/mol. The summed E-state index contributed by atoms with van der Waals surface area (Å²) in [7, 11) is 0. The topological polar surface area (TPSA) is 83.6 Å². The fourth-order valence-corrected chi connectivity index (χ4v) is 4.26. The van der Waals surface area contributed by atoms with Crippen molar-refractivity contribution in [1.82, 2.24) is 20.2 Å². The Balaban J connectivity index is 1.37. The molecular formula is C22H21N5OS2. The van der Waals surface area contributed by atoms with Crippen molar-refractivity contribution in [2.24, 2.45) is 0 Å². The quantitative estimate of drug-likeness (QED) is 0.386. The number of thiazole rings is 1. The monoisotopic (exact) mass is 435 g/mol.